The van der Waals surface area contributed by atoms with E-state index in [1.54, 1.807) is 6.20 Å². The van der Waals surface area contributed by atoms with Crippen LogP contribution in [-0.2, 0) is 6.42 Å². The van der Waals surface area contributed by atoms with Crippen LogP contribution in [0.1, 0.15) is 27.2 Å². The number of aryl methyl sites for hydroxylation is 2. The molecule has 21 heavy (non-hydrogen) atoms. The van der Waals surface area contributed by atoms with E-state index in [2.05, 4.69) is 15.3 Å². The predicted molar refractivity (Wildman–Crippen MR) is 88.2 cm³/mol. The Balaban J connectivity index is 1.91. The van der Waals surface area contributed by atoms with Crippen LogP contribution >= 0.6 is 22.7 Å². The number of hydrogen-bond acceptors (Lipinski definition) is 6. The summed E-state index contributed by atoms with van der Waals surface area (Å²) in [6, 6.07) is 3.74. The highest BCUT2D eigenvalue weighted by Crippen LogP contribution is 2.33. The fourth-order valence-electron chi connectivity index (χ4n) is 2.08. The second-order valence-corrected chi connectivity index (χ2v) is 6.78. The van der Waals surface area contributed by atoms with Crippen molar-refractivity contribution in [2.45, 2.75) is 20.3 Å². The first-order valence-corrected chi connectivity index (χ1v) is 8.14. The maximum Gasteiger partial charge on any atom is 0.269 e. The van der Waals surface area contributed by atoms with Crippen LogP contribution < -0.4 is 11.1 Å². The third kappa shape index (κ3) is 2.50. The van der Waals surface area contributed by atoms with Crippen LogP contribution in [0.3, 0.4) is 0 Å². The Morgan fingerprint density at radius 3 is 2.90 bits per heavy atom. The number of thiazole rings is 1. The highest BCUT2D eigenvalue weighted by atomic mass is 32.1. The van der Waals surface area contributed by atoms with Gasteiger partial charge in [-0.25, -0.2) is 4.98 Å². The number of hydrogen-bond donors (Lipinski definition) is 2. The monoisotopic (exact) mass is 318 g/mol. The average Bonchev–Trinajstić information content (AvgIpc) is 3.00. The van der Waals surface area contributed by atoms with Gasteiger partial charge in [-0.1, -0.05) is 6.92 Å². The minimum Gasteiger partial charge on any atom is -0.396 e. The molecular formula is C14H14N4OS2. The Morgan fingerprint density at radius 2 is 2.24 bits per heavy atom. The third-order valence-electron chi connectivity index (χ3n) is 3.14. The molecule has 3 aromatic rings. The van der Waals surface area contributed by atoms with Gasteiger partial charge < -0.3 is 5.73 Å². The number of anilines is 2. The first kappa shape index (κ1) is 14.0. The average molecular weight is 318 g/mol. The van der Waals surface area contributed by atoms with E-state index in [0.717, 1.165) is 21.7 Å². The third-order valence-corrected chi connectivity index (χ3v) is 5.22. The highest BCUT2D eigenvalue weighted by molar-refractivity contribution is 7.21. The van der Waals surface area contributed by atoms with E-state index in [1.165, 1.54) is 22.7 Å². The molecule has 0 aliphatic rings. The molecule has 0 bridgehead atoms. The molecule has 3 rings (SSSR count). The predicted octanol–water partition coefficient (Wildman–Crippen LogP) is 3.46. The van der Waals surface area contributed by atoms with E-state index in [0.29, 0.717) is 21.2 Å². The number of amides is 1. The number of nitrogens with one attached hydrogen (secondary N) is 1. The van der Waals surface area contributed by atoms with Crippen LogP contribution in [0.25, 0.3) is 10.2 Å². The van der Waals surface area contributed by atoms with E-state index < -0.39 is 0 Å². The molecule has 0 aliphatic carbocycles. The van der Waals surface area contributed by atoms with Gasteiger partial charge in [0, 0.05) is 11.1 Å². The molecule has 7 heteroatoms. The summed E-state index contributed by atoms with van der Waals surface area (Å²) in [4.78, 5) is 22.6. The fraction of sp³-hybridized carbons (Fsp3) is 0.214. The molecule has 0 aromatic carbocycles. The Bertz CT molecular complexity index is 822. The number of aromatic nitrogens is 2. The van der Waals surface area contributed by atoms with Crippen LogP contribution in [0.15, 0.2) is 18.3 Å². The van der Waals surface area contributed by atoms with Gasteiger partial charge in [0.1, 0.15) is 10.4 Å². The van der Waals surface area contributed by atoms with Crippen molar-refractivity contribution in [3.8, 4) is 0 Å². The van der Waals surface area contributed by atoms with E-state index in [9.17, 15) is 4.79 Å². The number of fused-ring (bicyclic) bond motifs is 1. The molecule has 0 saturated carbocycles. The van der Waals surface area contributed by atoms with Crippen molar-refractivity contribution in [3.05, 3.63) is 33.8 Å². The summed E-state index contributed by atoms with van der Waals surface area (Å²) < 4.78 is 0.907. The van der Waals surface area contributed by atoms with Gasteiger partial charge in [-0.3, -0.25) is 15.1 Å². The van der Waals surface area contributed by atoms with Crippen LogP contribution in [-0.4, -0.2) is 15.9 Å². The van der Waals surface area contributed by atoms with Gasteiger partial charge in [0.15, 0.2) is 5.13 Å². The summed E-state index contributed by atoms with van der Waals surface area (Å²) in [5.74, 6) is -0.230. The molecular weight excluding hydrogens is 304 g/mol. The topological polar surface area (TPSA) is 80.9 Å². The zero-order chi connectivity index (χ0) is 15.0. The Kier molecular flexibility index (Phi) is 3.60. The van der Waals surface area contributed by atoms with Crippen molar-refractivity contribution >= 4 is 49.6 Å². The summed E-state index contributed by atoms with van der Waals surface area (Å²) >= 11 is 2.83. The van der Waals surface area contributed by atoms with Gasteiger partial charge in [-0.2, -0.15) is 0 Å². The van der Waals surface area contributed by atoms with Crippen LogP contribution in [0, 0.1) is 6.92 Å². The summed E-state index contributed by atoms with van der Waals surface area (Å²) in [6.07, 6.45) is 2.53. The number of nitrogen functional groups attached to an aromatic ring is 1. The van der Waals surface area contributed by atoms with Crippen LogP contribution in [0.4, 0.5) is 10.8 Å². The molecule has 3 aromatic heterocycles. The minimum atomic E-state index is -0.230. The van der Waals surface area contributed by atoms with E-state index in [-0.39, 0.29) is 5.91 Å². The summed E-state index contributed by atoms with van der Waals surface area (Å²) in [6.45, 7) is 4.05. The van der Waals surface area contributed by atoms with Gasteiger partial charge >= 0.3 is 0 Å². The maximum absolute atomic E-state index is 12.4. The lowest BCUT2D eigenvalue weighted by Crippen LogP contribution is -2.11. The quantitative estimate of drug-likeness (QED) is 0.775. The van der Waals surface area contributed by atoms with Crippen LogP contribution in [0.2, 0.25) is 0 Å². The Labute approximate surface area is 129 Å². The lowest BCUT2D eigenvalue weighted by molar-refractivity contribution is 0.103. The van der Waals surface area contributed by atoms with Crippen molar-refractivity contribution in [2.24, 2.45) is 0 Å². The molecule has 0 saturated heterocycles. The van der Waals surface area contributed by atoms with Gasteiger partial charge in [-0.15, -0.1) is 22.7 Å². The van der Waals surface area contributed by atoms with Gasteiger partial charge in [0.2, 0.25) is 0 Å². The van der Waals surface area contributed by atoms with Gasteiger partial charge in [-0.05, 0) is 25.5 Å². The van der Waals surface area contributed by atoms with E-state index in [4.69, 9.17) is 5.73 Å². The molecule has 3 N–H and O–H groups in total. The standard InChI is InChI=1S/C14H14N4OS2/c1-3-8-7(2)20-14(17-8)18-13(19)12-10(15)11-9(21-12)5-4-6-16-11/h4-6H,3,15H2,1-2H3,(H,17,18,19). The molecule has 1 amide bonds. The van der Waals surface area contributed by atoms with E-state index in [1.807, 2.05) is 26.0 Å². The molecule has 0 aliphatic heterocycles. The lowest BCUT2D eigenvalue weighted by Gasteiger charge is -1.99. The Morgan fingerprint density at radius 1 is 1.43 bits per heavy atom. The fourth-order valence-corrected chi connectivity index (χ4v) is 3.95. The number of carbonyl (C=O) groups excluding carboxylic acids is 1. The number of rotatable bonds is 3. The first-order chi connectivity index (χ1) is 10.1. The number of nitrogens with two attached hydrogens (primary N) is 1. The van der Waals surface area contributed by atoms with Crippen molar-refractivity contribution in [1.29, 1.82) is 0 Å². The largest absolute Gasteiger partial charge is 0.396 e. The second-order valence-electron chi connectivity index (χ2n) is 4.52. The lowest BCUT2D eigenvalue weighted by atomic mass is 10.3. The smallest absolute Gasteiger partial charge is 0.269 e. The maximum atomic E-state index is 12.4. The van der Waals surface area contributed by atoms with Crippen molar-refractivity contribution < 1.29 is 4.79 Å². The molecule has 5 nitrogen and oxygen atoms in total. The number of thiophene rings is 1. The van der Waals surface area contributed by atoms with Gasteiger partial charge in [0.05, 0.1) is 16.1 Å². The SMILES string of the molecule is CCc1nc(NC(=O)c2sc3cccnc3c2N)sc1C. The highest BCUT2D eigenvalue weighted by Gasteiger charge is 2.18. The Hall–Kier alpha value is -1.99. The summed E-state index contributed by atoms with van der Waals surface area (Å²) in [5.41, 5.74) is 8.15. The second kappa shape index (κ2) is 5.42. The van der Waals surface area contributed by atoms with Crippen molar-refractivity contribution in [3.63, 3.8) is 0 Å². The molecule has 108 valence electrons. The molecule has 0 fully saturated rings. The molecule has 0 atom stereocenters. The summed E-state index contributed by atoms with van der Waals surface area (Å²) in [5, 5.41) is 3.44. The first-order valence-electron chi connectivity index (χ1n) is 6.50. The number of nitrogens with zero attached hydrogens (tertiary/aromatic N) is 2. The molecule has 0 spiro atoms. The molecule has 0 unspecified atom stereocenters. The minimum absolute atomic E-state index is 0.230. The van der Waals surface area contributed by atoms with Crippen LogP contribution in [0.5, 0.6) is 0 Å². The number of pyridine rings is 1. The molecule has 0 radical (unpaired) electrons. The normalized spacial score (nSPS) is 11.0. The van der Waals surface area contributed by atoms with Crippen molar-refractivity contribution in [1.82, 2.24) is 9.97 Å². The van der Waals surface area contributed by atoms with Gasteiger partial charge in [0.25, 0.3) is 5.91 Å². The zero-order valence-corrected chi connectivity index (χ0v) is 13.3. The van der Waals surface area contributed by atoms with E-state index >= 15 is 0 Å². The van der Waals surface area contributed by atoms with Crippen molar-refractivity contribution in [2.75, 3.05) is 11.1 Å². The zero-order valence-electron chi connectivity index (χ0n) is 11.6. The summed E-state index contributed by atoms with van der Waals surface area (Å²) in [7, 11) is 0. The number of carbonyl (C=O) groups is 1. The molecule has 3 heterocycles.